The van der Waals surface area contributed by atoms with E-state index in [-0.39, 0.29) is 11.8 Å². The number of rotatable bonds is 4. The van der Waals surface area contributed by atoms with Gasteiger partial charge in [-0.1, -0.05) is 32.0 Å². The van der Waals surface area contributed by atoms with E-state index in [2.05, 4.69) is 24.1 Å². The van der Waals surface area contributed by atoms with Gasteiger partial charge in [-0.3, -0.25) is 14.6 Å². The van der Waals surface area contributed by atoms with Crippen molar-refractivity contribution in [2.45, 2.75) is 40.0 Å². The maximum absolute atomic E-state index is 12.8. The molecule has 0 saturated carbocycles. The highest BCUT2D eigenvalue weighted by Gasteiger charge is 2.23. The third-order valence-corrected chi connectivity index (χ3v) is 5.29. The van der Waals surface area contributed by atoms with Crippen LogP contribution in [-0.2, 0) is 6.42 Å². The largest absolute Gasteiger partial charge is 0.337 e. The summed E-state index contributed by atoms with van der Waals surface area (Å²) in [6, 6.07) is 9.23. The molecule has 1 aromatic carbocycles. The number of carbonyl (C=O) groups excluding carboxylic acids is 2. The first-order chi connectivity index (χ1) is 13.0. The number of piperidine rings is 1. The number of likely N-dealkylation sites (tertiary alicyclic amines) is 1. The fraction of sp³-hybridized carbons (Fsp3) is 0.409. The Morgan fingerprint density at radius 3 is 2.67 bits per heavy atom. The quantitative estimate of drug-likeness (QED) is 0.888. The van der Waals surface area contributed by atoms with Crippen LogP contribution in [0.5, 0.6) is 0 Å². The van der Waals surface area contributed by atoms with Crippen molar-refractivity contribution in [3.05, 3.63) is 58.9 Å². The third kappa shape index (κ3) is 4.35. The van der Waals surface area contributed by atoms with E-state index in [0.717, 1.165) is 49.2 Å². The molecule has 0 atom stereocenters. The molecular weight excluding hydrogens is 338 g/mol. The third-order valence-electron chi connectivity index (χ3n) is 5.29. The number of para-hydroxylation sites is 1. The average molecular weight is 365 g/mol. The van der Waals surface area contributed by atoms with Gasteiger partial charge in [0.05, 0.1) is 0 Å². The van der Waals surface area contributed by atoms with Crippen LogP contribution in [0.2, 0.25) is 0 Å². The Labute approximate surface area is 160 Å². The van der Waals surface area contributed by atoms with Gasteiger partial charge in [-0.25, -0.2) is 0 Å². The standard InChI is InChI=1S/C22H27N3O2/c1-4-17-7-5-6-16(3)20(17)24-21(26)18-8-11-23-19(14-18)22(27)25-12-9-15(2)10-13-25/h5-8,11,14-15H,4,9-10,12-13H2,1-3H3,(H,24,26). The van der Waals surface area contributed by atoms with Crippen LogP contribution >= 0.6 is 0 Å². The normalized spacial score (nSPS) is 14.9. The first-order valence-corrected chi connectivity index (χ1v) is 9.64. The predicted octanol–water partition coefficient (Wildman–Crippen LogP) is 4.08. The molecule has 1 aliphatic heterocycles. The first-order valence-electron chi connectivity index (χ1n) is 9.64. The molecule has 0 spiro atoms. The number of benzene rings is 1. The number of anilines is 1. The lowest BCUT2D eigenvalue weighted by molar-refractivity contribution is 0.0691. The first kappa shape index (κ1) is 19.1. The van der Waals surface area contributed by atoms with Crippen LogP contribution in [-0.4, -0.2) is 34.8 Å². The lowest BCUT2D eigenvalue weighted by Gasteiger charge is -2.30. The Kier molecular flexibility index (Phi) is 5.89. The van der Waals surface area contributed by atoms with Crippen LogP contribution < -0.4 is 5.32 Å². The Balaban J connectivity index is 1.77. The van der Waals surface area contributed by atoms with Gasteiger partial charge < -0.3 is 10.2 Å². The highest BCUT2D eigenvalue weighted by atomic mass is 16.2. The van der Waals surface area contributed by atoms with Gasteiger partial charge in [0, 0.05) is 30.5 Å². The van der Waals surface area contributed by atoms with Gasteiger partial charge in [0.1, 0.15) is 5.69 Å². The van der Waals surface area contributed by atoms with Crippen LogP contribution in [0.15, 0.2) is 36.5 Å². The Hall–Kier alpha value is -2.69. The minimum atomic E-state index is -0.220. The van der Waals surface area contributed by atoms with E-state index in [4.69, 9.17) is 0 Å². The lowest BCUT2D eigenvalue weighted by atomic mass is 9.99. The van der Waals surface area contributed by atoms with Crippen molar-refractivity contribution in [2.75, 3.05) is 18.4 Å². The molecule has 5 heteroatoms. The number of carbonyl (C=O) groups is 2. The van der Waals surface area contributed by atoms with Crippen LogP contribution in [0, 0.1) is 12.8 Å². The molecule has 1 fully saturated rings. The number of aromatic nitrogens is 1. The van der Waals surface area contributed by atoms with E-state index in [0.29, 0.717) is 17.2 Å². The zero-order valence-electron chi connectivity index (χ0n) is 16.3. The topological polar surface area (TPSA) is 62.3 Å². The number of amides is 2. The van der Waals surface area contributed by atoms with Crippen molar-refractivity contribution in [2.24, 2.45) is 5.92 Å². The smallest absolute Gasteiger partial charge is 0.272 e. The number of hydrogen-bond acceptors (Lipinski definition) is 3. The van der Waals surface area contributed by atoms with Crippen molar-refractivity contribution in [3.63, 3.8) is 0 Å². The summed E-state index contributed by atoms with van der Waals surface area (Å²) < 4.78 is 0. The second kappa shape index (κ2) is 8.33. The molecule has 3 rings (SSSR count). The second-order valence-corrected chi connectivity index (χ2v) is 7.32. The maximum Gasteiger partial charge on any atom is 0.272 e. The highest BCUT2D eigenvalue weighted by molar-refractivity contribution is 6.06. The molecular formula is C22H27N3O2. The monoisotopic (exact) mass is 365 g/mol. The maximum atomic E-state index is 12.8. The number of nitrogens with one attached hydrogen (secondary N) is 1. The summed E-state index contributed by atoms with van der Waals surface area (Å²) in [7, 11) is 0. The van der Waals surface area contributed by atoms with E-state index in [9.17, 15) is 9.59 Å². The van der Waals surface area contributed by atoms with Gasteiger partial charge in [0.15, 0.2) is 0 Å². The van der Waals surface area contributed by atoms with E-state index in [1.54, 1.807) is 12.1 Å². The van der Waals surface area contributed by atoms with Gasteiger partial charge >= 0.3 is 0 Å². The molecule has 5 nitrogen and oxygen atoms in total. The molecule has 0 aliphatic carbocycles. The van der Waals surface area contributed by atoms with Crippen molar-refractivity contribution < 1.29 is 9.59 Å². The summed E-state index contributed by atoms with van der Waals surface area (Å²) in [5, 5.41) is 3.01. The van der Waals surface area contributed by atoms with Crippen molar-refractivity contribution in [1.82, 2.24) is 9.88 Å². The molecule has 2 aromatic rings. The fourth-order valence-corrected chi connectivity index (χ4v) is 3.45. The summed E-state index contributed by atoms with van der Waals surface area (Å²) in [4.78, 5) is 31.5. The van der Waals surface area contributed by atoms with Crippen LogP contribution in [0.3, 0.4) is 0 Å². The molecule has 0 radical (unpaired) electrons. The van der Waals surface area contributed by atoms with Crippen LogP contribution in [0.4, 0.5) is 5.69 Å². The number of hydrogen-bond donors (Lipinski definition) is 1. The van der Waals surface area contributed by atoms with Crippen LogP contribution in [0.25, 0.3) is 0 Å². The molecule has 1 N–H and O–H groups in total. The molecule has 142 valence electrons. The molecule has 1 saturated heterocycles. The van der Waals surface area contributed by atoms with Gasteiger partial charge in [-0.05, 0) is 55.4 Å². The lowest BCUT2D eigenvalue weighted by Crippen LogP contribution is -2.38. The molecule has 0 unspecified atom stereocenters. The molecule has 2 heterocycles. The fourth-order valence-electron chi connectivity index (χ4n) is 3.45. The molecule has 1 aromatic heterocycles. The van der Waals surface area contributed by atoms with Gasteiger partial charge in [0.25, 0.3) is 11.8 Å². The summed E-state index contributed by atoms with van der Waals surface area (Å²) in [6.07, 6.45) is 4.40. The number of aryl methyl sites for hydroxylation is 2. The number of nitrogens with zero attached hydrogens (tertiary/aromatic N) is 2. The summed E-state index contributed by atoms with van der Waals surface area (Å²) in [5.74, 6) is 0.338. The zero-order valence-corrected chi connectivity index (χ0v) is 16.3. The van der Waals surface area contributed by atoms with E-state index in [1.807, 2.05) is 30.0 Å². The second-order valence-electron chi connectivity index (χ2n) is 7.32. The Bertz CT molecular complexity index is 839. The van der Waals surface area contributed by atoms with Crippen molar-refractivity contribution in [3.8, 4) is 0 Å². The minimum Gasteiger partial charge on any atom is -0.337 e. The van der Waals surface area contributed by atoms with Crippen molar-refractivity contribution >= 4 is 17.5 Å². The summed E-state index contributed by atoms with van der Waals surface area (Å²) >= 11 is 0. The molecule has 1 aliphatic rings. The van der Waals surface area contributed by atoms with Gasteiger partial charge in [0.2, 0.25) is 0 Å². The van der Waals surface area contributed by atoms with Crippen molar-refractivity contribution in [1.29, 1.82) is 0 Å². The molecule has 0 bridgehead atoms. The van der Waals surface area contributed by atoms with Crippen LogP contribution in [0.1, 0.15) is 58.7 Å². The van der Waals surface area contributed by atoms with Gasteiger partial charge in [-0.15, -0.1) is 0 Å². The zero-order chi connectivity index (χ0) is 19.4. The summed E-state index contributed by atoms with van der Waals surface area (Å²) in [6.45, 7) is 7.75. The average Bonchev–Trinajstić information content (AvgIpc) is 2.69. The Morgan fingerprint density at radius 1 is 1.22 bits per heavy atom. The SMILES string of the molecule is CCc1cccc(C)c1NC(=O)c1ccnc(C(=O)N2CCC(C)CC2)c1. The molecule has 2 amide bonds. The Morgan fingerprint density at radius 2 is 1.96 bits per heavy atom. The molecule has 27 heavy (non-hydrogen) atoms. The minimum absolute atomic E-state index is 0.0957. The highest BCUT2D eigenvalue weighted by Crippen LogP contribution is 2.22. The van der Waals surface area contributed by atoms with E-state index >= 15 is 0 Å². The van der Waals surface area contributed by atoms with E-state index < -0.39 is 0 Å². The van der Waals surface area contributed by atoms with Gasteiger partial charge in [-0.2, -0.15) is 0 Å². The van der Waals surface area contributed by atoms with E-state index in [1.165, 1.54) is 6.20 Å². The predicted molar refractivity (Wildman–Crippen MR) is 107 cm³/mol. The number of pyridine rings is 1. The summed E-state index contributed by atoms with van der Waals surface area (Å²) in [5.41, 5.74) is 3.74.